The predicted octanol–water partition coefficient (Wildman–Crippen LogP) is 1.68. The molecule has 9 heteroatoms. The highest BCUT2D eigenvalue weighted by Gasteiger charge is 2.31. The standard InChI is InChI=1S/C26H31ClN4O4/c27-22-8-6-21(7-9-22)25(33)28-23(18-20-4-2-1-3-5-20)26(34)31-12-10-30(11-13-31)24(32)19-29-14-16-35-17-15-29/h1-9,23H,10-19H2,(H,28,33). The lowest BCUT2D eigenvalue weighted by atomic mass is 10.0. The van der Waals surface area contributed by atoms with E-state index < -0.39 is 6.04 Å². The van der Waals surface area contributed by atoms with E-state index >= 15 is 0 Å². The average molecular weight is 499 g/mol. The van der Waals surface area contributed by atoms with Crippen LogP contribution in [0.3, 0.4) is 0 Å². The highest BCUT2D eigenvalue weighted by atomic mass is 35.5. The van der Waals surface area contributed by atoms with Crippen LogP contribution in [0.25, 0.3) is 0 Å². The number of rotatable bonds is 7. The van der Waals surface area contributed by atoms with Gasteiger partial charge in [0.05, 0.1) is 19.8 Å². The van der Waals surface area contributed by atoms with Gasteiger partial charge in [0, 0.05) is 56.3 Å². The first-order valence-corrected chi connectivity index (χ1v) is 12.3. The normalized spacial score (nSPS) is 17.6. The molecule has 2 aromatic carbocycles. The first-order chi connectivity index (χ1) is 17.0. The van der Waals surface area contributed by atoms with Gasteiger partial charge in [-0.15, -0.1) is 0 Å². The van der Waals surface area contributed by atoms with Crippen molar-refractivity contribution in [3.8, 4) is 0 Å². The molecule has 35 heavy (non-hydrogen) atoms. The van der Waals surface area contributed by atoms with Crippen molar-refractivity contribution < 1.29 is 19.1 Å². The Morgan fingerprint density at radius 2 is 1.49 bits per heavy atom. The lowest BCUT2D eigenvalue weighted by molar-refractivity contribution is -0.141. The van der Waals surface area contributed by atoms with Crippen molar-refractivity contribution in [2.24, 2.45) is 0 Å². The molecule has 0 spiro atoms. The van der Waals surface area contributed by atoms with Crippen molar-refractivity contribution in [2.45, 2.75) is 12.5 Å². The van der Waals surface area contributed by atoms with Gasteiger partial charge in [-0.1, -0.05) is 41.9 Å². The van der Waals surface area contributed by atoms with Crippen LogP contribution in [0.15, 0.2) is 54.6 Å². The summed E-state index contributed by atoms with van der Waals surface area (Å²) in [5.74, 6) is -0.386. The Balaban J connectivity index is 1.37. The third-order valence-corrected chi connectivity index (χ3v) is 6.65. The molecule has 0 radical (unpaired) electrons. The van der Waals surface area contributed by atoms with Gasteiger partial charge in [0.2, 0.25) is 11.8 Å². The topological polar surface area (TPSA) is 82.2 Å². The molecule has 0 aliphatic carbocycles. The van der Waals surface area contributed by atoms with Crippen LogP contribution in [0, 0.1) is 0 Å². The molecular formula is C26H31ClN4O4. The first-order valence-electron chi connectivity index (χ1n) is 12.0. The minimum Gasteiger partial charge on any atom is -0.379 e. The van der Waals surface area contributed by atoms with Crippen LogP contribution in [0.1, 0.15) is 15.9 Å². The van der Waals surface area contributed by atoms with E-state index in [2.05, 4.69) is 10.2 Å². The quantitative estimate of drug-likeness (QED) is 0.628. The molecule has 2 aromatic rings. The summed E-state index contributed by atoms with van der Waals surface area (Å²) in [5, 5.41) is 3.46. The molecule has 4 rings (SSSR count). The van der Waals surface area contributed by atoms with E-state index in [4.69, 9.17) is 16.3 Å². The largest absolute Gasteiger partial charge is 0.379 e. The molecule has 1 atom stereocenters. The van der Waals surface area contributed by atoms with Crippen molar-refractivity contribution in [3.63, 3.8) is 0 Å². The summed E-state index contributed by atoms with van der Waals surface area (Å²) in [6.07, 6.45) is 0.384. The van der Waals surface area contributed by atoms with E-state index in [0.29, 0.717) is 62.9 Å². The van der Waals surface area contributed by atoms with Gasteiger partial charge in [0.1, 0.15) is 6.04 Å². The number of nitrogens with one attached hydrogen (secondary N) is 1. The van der Waals surface area contributed by atoms with E-state index in [0.717, 1.165) is 18.7 Å². The molecule has 0 bridgehead atoms. The number of morpholine rings is 1. The Labute approximate surface area is 210 Å². The summed E-state index contributed by atoms with van der Waals surface area (Å²) in [5.41, 5.74) is 1.40. The Morgan fingerprint density at radius 3 is 2.14 bits per heavy atom. The summed E-state index contributed by atoms with van der Waals surface area (Å²) in [6.45, 7) is 5.06. The number of benzene rings is 2. The van der Waals surface area contributed by atoms with Crippen LogP contribution in [-0.2, 0) is 20.7 Å². The van der Waals surface area contributed by atoms with Crippen LogP contribution in [0.2, 0.25) is 5.02 Å². The van der Waals surface area contributed by atoms with Gasteiger partial charge >= 0.3 is 0 Å². The summed E-state index contributed by atoms with van der Waals surface area (Å²) in [6, 6.07) is 15.5. The number of nitrogens with zero attached hydrogens (tertiary/aromatic N) is 3. The van der Waals surface area contributed by atoms with Gasteiger partial charge in [-0.3, -0.25) is 19.3 Å². The molecule has 2 heterocycles. The van der Waals surface area contributed by atoms with Gasteiger partial charge < -0.3 is 19.9 Å². The van der Waals surface area contributed by atoms with Gasteiger partial charge in [0.25, 0.3) is 5.91 Å². The van der Waals surface area contributed by atoms with Crippen LogP contribution in [-0.4, -0.2) is 97.5 Å². The zero-order chi connectivity index (χ0) is 24.6. The van der Waals surface area contributed by atoms with Crippen LogP contribution < -0.4 is 5.32 Å². The van der Waals surface area contributed by atoms with E-state index in [-0.39, 0.29) is 17.7 Å². The highest BCUT2D eigenvalue weighted by Crippen LogP contribution is 2.13. The minimum atomic E-state index is -0.712. The van der Waals surface area contributed by atoms with Crippen LogP contribution >= 0.6 is 11.6 Å². The van der Waals surface area contributed by atoms with E-state index in [9.17, 15) is 14.4 Å². The monoisotopic (exact) mass is 498 g/mol. The summed E-state index contributed by atoms with van der Waals surface area (Å²) < 4.78 is 5.35. The van der Waals surface area contributed by atoms with Crippen molar-refractivity contribution >= 4 is 29.3 Å². The molecule has 1 unspecified atom stereocenters. The van der Waals surface area contributed by atoms with Gasteiger partial charge in [-0.2, -0.15) is 0 Å². The van der Waals surface area contributed by atoms with Gasteiger partial charge in [-0.05, 0) is 29.8 Å². The SMILES string of the molecule is O=C(NC(Cc1ccccc1)C(=O)N1CCN(C(=O)CN2CCOCC2)CC1)c1ccc(Cl)cc1. The zero-order valence-corrected chi connectivity index (χ0v) is 20.5. The Bertz CT molecular complexity index is 1000. The maximum absolute atomic E-state index is 13.5. The van der Waals surface area contributed by atoms with Gasteiger partial charge in [0.15, 0.2) is 0 Å². The molecular weight excluding hydrogens is 468 g/mol. The van der Waals surface area contributed by atoms with Crippen molar-refractivity contribution in [3.05, 3.63) is 70.7 Å². The van der Waals surface area contributed by atoms with Crippen molar-refractivity contribution in [1.29, 1.82) is 0 Å². The third-order valence-electron chi connectivity index (χ3n) is 6.40. The second-order valence-electron chi connectivity index (χ2n) is 8.82. The second kappa shape index (κ2) is 12.2. The number of amides is 3. The summed E-state index contributed by atoms with van der Waals surface area (Å²) in [4.78, 5) is 44.7. The van der Waals surface area contributed by atoms with Crippen molar-refractivity contribution in [2.75, 3.05) is 59.0 Å². The second-order valence-corrected chi connectivity index (χ2v) is 9.25. The smallest absolute Gasteiger partial charge is 0.251 e. The lowest BCUT2D eigenvalue weighted by Gasteiger charge is -2.37. The van der Waals surface area contributed by atoms with E-state index in [1.165, 1.54) is 0 Å². The number of carbonyl (C=O) groups is 3. The Kier molecular flexibility index (Phi) is 8.74. The molecule has 2 aliphatic heterocycles. The maximum Gasteiger partial charge on any atom is 0.251 e. The molecule has 0 saturated carbocycles. The van der Waals surface area contributed by atoms with Crippen LogP contribution in [0.4, 0.5) is 0 Å². The van der Waals surface area contributed by atoms with Crippen molar-refractivity contribution in [1.82, 2.24) is 20.0 Å². The molecule has 2 saturated heterocycles. The molecule has 2 fully saturated rings. The predicted molar refractivity (Wildman–Crippen MR) is 133 cm³/mol. The number of ether oxygens (including phenoxy) is 1. The number of carbonyl (C=O) groups excluding carboxylic acids is 3. The molecule has 1 N–H and O–H groups in total. The summed E-state index contributed by atoms with van der Waals surface area (Å²) >= 11 is 5.94. The van der Waals surface area contributed by atoms with E-state index in [1.54, 1.807) is 29.2 Å². The molecule has 0 aromatic heterocycles. The minimum absolute atomic E-state index is 0.0795. The fraction of sp³-hybridized carbons (Fsp3) is 0.423. The fourth-order valence-electron chi connectivity index (χ4n) is 4.34. The Hall–Kier alpha value is -2.94. The average Bonchev–Trinajstić information content (AvgIpc) is 2.89. The number of piperazine rings is 1. The first kappa shape index (κ1) is 25.2. The molecule has 8 nitrogen and oxygen atoms in total. The molecule has 186 valence electrons. The highest BCUT2D eigenvalue weighted by molar-refractivity contribution is 6.30. The number of hydrogen-bond acceptors (Lipinski definition) is 5. The van der Waals surface area contributed by atoms with Gasteiger partial charge in [-0.25, -0.2) is 0 Å². The summed E-state index contributed by atoms with van der Waals surface area (Å²) in [7, 11) is 0. The molecule has 3 amide bonds. The number of hydrogen-bond donors (Lipinski definition) is 1. The maximum atomic E-state index is 13.5. The third kappa shape index (κ3) is 7.04. The lowest BCUT2D eigenvalue weighted by Crippen LogP contribution is -2.57. The molecule has 2 aliphatic rings. The van der Waals surface area contributed by atoms with E-state index in [1.807, 2.05) is 35.2 Å². The zero-order valence-electron chi connectivity index (χ0n) is 19.7. The number of halogens is 1. The Morgan fingerprint density at radius 1 is 0.857 bits per heavy atom. The van der Waals surface area contributed by atoms with Crippen LogP contribution in [0.5, 0.6) is 0 Å². The fourth-order valence-corrected chi connectivity index (χ4v) is 4.47.